The fourth-order valence-electron chi connectivity index (χ4n) is 1.59. The fraction of sp³-hybridized carbons (Fsp3) is 0.500. The van der Waals surface area contributed by atoms with E-state index in [9.17, 15) is 4.79 Å². The molecule has 0 saturated carbocycles. The Hall–Kier alpha value is -1.73. The second-order valence-corrected chi connectivity index (χ2v) is 3.74. The Morgan fingerprint density at radius 1 is 1.35 bits per heavy atom. The zero-order valence-electron chi connectivity index (χ0n) is 9.36. The van der Waals surface area contributed by atoms with Crippen molar-refractivity contribution in [2.75, 3.05) is 13.2 Å². The van der Waals surface area contributed by atoms with Gasteiger partial charge in [0.1, 0.15) is 5.52 Å². The van der Waals surface area contributed by atoms with Crippen LogP contribution in [0.25, 0.3) is 11.0 Å². The molecular weight excluding hydrogens is 222 g/mol. The molecule has 0 unspecified atom stereocenters. The van der Waals surface area contributed by atoms with Gasteiger partial charge in [0.15, 0.2) is 5.52 Å². The molecule has 7 nitrogen and oxygen atoms in total. The van der Waals surface area contributed by atoms with Crippen LogP contribution in [0.2, 0.25) is 0 Å². The van der Waals surface area contributed by atoms with Crippen LogP contribution in [0.15, 0.2) is 11.1 Å². The van der Waals surface area contributed by atoms with Crippen LogP contribution in [-0.2, 0) is 6.54 Å². The molecule has 7 heteroatoms. The molecule has 0 amide bonds. The minimum Gasteiger partial charge on any atom is -0.396 e. The van der Waals surface area contributed by atoms with Gasteiger partial charge in [-0.1, -0.05) is 0 Å². The molecule has 0 atom stereocenters. The number of aliphatic hydroxyl groups is 1. The Bertz CT molecular complexity index is 533. The molecule has 0 aliphatic rings. The standard InChI is InChI=1S/C10H15N5O2/c16-4-2-1-3-11-5-7-8-9(15-14-7)10(17)13-6-12-8/h6,11,16H,1-5H2,(H,14,15)(H,12,13,17). The summed E-state index contributed by atoms with van der Waals surface area (Å²) in [5, 5.41) is 18.6. The van der Waals surface area contributed by atoms with Crippen molar-refractivity contribution in [2.24, 2.45) is 0 Å². The lowest BCUT2D eigenvalue weighted by Crippen LogP contribution is -2.15. The topological polar surface area (TPSA) is 107 Å². The number of H-pyrrole nitrogens is 2. The molecule has 4 N–H and O–H groups in total. The van der Waals surface area contributed by atoms with E-state index in [1.54, 1.807) is 0 Å². The highest BCUT2D eigenvalue weighted by Gasteiger charge is 2.08. The van der Waals surface area contributed by atoms with Crippen molar-refractivity contribution in [3.8, 4) is 0 Å². The highest BCUT2D eigenvalue weighted by Crippen LogP contribution is 2.07. The highest BCUT2D eigenvalue weighted by atomic mass is 16.2. The number of hydrogen-bond donors (Lipinski definition) is 4. The van der Waals surface area contributed by atoms with Crippen LogP contribution in [0.3, 0.4) is 0 Å². The summed E-state index contributed by atoms with van der Waals surface area (Å²) in [6.45, 7) is 1.61. The Morgan fingerprint density at radius 2 is 2.24 bits per heavy atom. The molecule has 0 bridgehead atoms. The zero-order chi connectivity index (χ0) is 12.1. The first-order valence-corrected chi connectivity index (χ1v) is 5.55. The van der Waals surface area contributed by atoms with Crippen LogP contribution in [0.1, 0.15) is 18.5 Å². The Morgan fingerprint density at radius 3 is 3.06 bits per heavy atom. The van der Waals surface area contributed by atoms with Gasteiger partial charge in [0, 0.05) is 13.2 Å². The van der Waals surface area contributed by atoms with E-state index in [2.05, 4.69) is 25.5 Å². The molecule has 0 aromatic carbocycles. The highest BCUT2D eigenvalue weighted by molar-refractivity contribution is 5.75. The maximum Gasteiger partial charge on any atom is 0.279 e. The number of fused-ring (bicyclic) bond motifs is 1. The van der Waals surface area contributed by atoms with Crippen LogP contribution in [0.4, 0.5) is 0 Å². The smallest absolute Gasteiger partial charge is 0.279 e. The first kappa shape index (κ1) is 11.7. The van der Waals surface area contributed by atoms with Crippen molar-refractivity contribution in [3.63, 3.8) is 0 Å². The number of unbranched alkanes of at least 4 members (excludes halogenated alkanes) is 1. The molecule has 0 radical (unpaired) electrons. The monoisotopic (exact) mass is 237 g/mol. The van der Waals surface area contributed by atoms with Crippen molar-refractivity contribution in [3.05, 3.63) is 22.4 Å². The minimum absolute atomic E-state index is 0.214. The third-order valence-electron chi connectivity index (χ3n) is 2.48. The molecular formula is C10H15N5O2. The van der Waals surface area contributed by atoms with Crippen LogP contribution in [0, 0.1) is 0 Å². The molecule has 0 saturated heterocycles. The molecule has 92 valence electrons. The average molecular weight is 237 g/mol. The van der Waals surface area contributed by atoms with Crippen molar-refractivity contribution in [1.29, 1.82) is 0 Å². The lowest BCUT2D eigenvalue weighted by atomic mass is 10.3. The molecule has 2 rings (SSSR count). The van der Waals surface area contributed by atoms with Gasteiger partial charge in [-0.05, 0) is 19.4 Å². The van der Waals surface area contributed by atoms with Gasteiger partial charge in [-0.25, -0.2) is 4.98 Å². The second-order valence-electron chi connectivity index (χ2n) is 3.74. The maximum atomic E-state index is 11.4. The third kappa shape index (κ3) is 2.69. The van der Waals surface area contributed by atoms with Gasteiger partial charge in [0.05, 0.1) is 12.0 Å². The van der Waals surface area contributed by atoms with E-state index < -0.39 is 0 Å². The molecule has 2 heterocycles. The van der Waals surface area contributed by atoms with Gasteiger partial charge in [-0.15, -0.1) is 0 Å². The number of aromatic nitrogens is 4. The zero-order valence-corrected chi connectivity index (χ0v) is 9.36. The van der Waals surface area contributed by atoms with Crippen molar-refractivity contribution < 1.29 is 5.11 Å². The fourth-order valence-corrected chi connectivity index (χ4v) is 1.59. The molecule has 2 aromatic heterocycles. The van der Waals surface area contributed by atoms with E-state index in [1.165, 1.54) is 6.33 Å². The lowest BCUT2D eigenvalue weighted by Gasteiger charge is -2.01. The molecule has 0 aliphatic carbocycles. The molecule has 0 spiro atoms. The summed E-state index contributed by atoms with van der Waals surface area (Å²) >= 11 is 0. The summed E-state index contributed by atoms with van der Waals surface area (Å²) in [5.74, 6) is 0. The van der Waals surface area contributed by atoms with E-state index >= 15 is 0 Å². The summed E-state index contributed by atoms with van der Waals surface area (Å²) < 4.78 is 0. The van der Waals surface area contributed by atoms with Crippen molar-refractivity contribution in [2.45, 2.75) is 19.4 Å². The maximum absolute atomic E-state index is 11.4. The van der Waals surface area contributed by atoms with Crippen LogP contribution >= 0.6 is 0 Å². The number of aliphatic hydroxyl groups excluding tert-OH is 1. The summed E-state index contributed by atoms with van der Waals surface area (Å²) in [6.07, 6.45) is 3.07. The normalized spacial score (nSPS) is 11.1. The van der Waals surface area contributed by atoms with E-state index in [1.807, 2.05) is 0 Å². The predicted octanol–water partition coefficient (Wildman–Crippen LogP) is -0.492. The average Bonchev–Trinajstić information content (AvgIpc) is 2.74. The van der Waals surface area contributed by atoms with Gasteiger partial charge in [-0.2, -0.15) is 5.10 Å². The molecule has 17 heavy (non-hydrogen) atoms. The van der Waals surface area contributed by atoms with Crippen molar-refractivity contribution >= 4 is 11.0 Å². The number of hydrogen-bond acceptors (Lipinski definition) is 5. The number of nitrogens with zero attached hydrogens (tertiary/aromatic N) is 2. The number of aromatic amines is 2. The minimum atomic E-state index is -0.238. The van der Waals surface area contributed by atoms with E-state index in [-0.39, 0.29) is 12.2 Å². The van der Waals surface area contributed by atoms with Gasteiger partial charge >= 0.3 is 0 Å². The summed E-state index contributed by atoms with van der Waals surface area (Å²) in [4.78, 5) is 17.9. The second kappa shape index (κ2) is 5.55. The third-order valence-corrected chi connectivity index (χ3v) is 2.48. The molecule has 2 aromatic rings. The van der Waals surface area contributed by atoms with Gasteiger partial charge in [-0.3, -0.25) is 9.89 Å². The van der Waals surface area contributed by atoms with Gasteiger partial charge < -0.3 is 15.4 Å². The van der Waals surface area contributed by atoms with Gasteiger partial charge in [0.2, 0.25) is 0 Å². The Labute approximate surface area is 97.3 Å². The SMILES string of the molecule is O=c1[nH]cnc2c(CNCCCCO)[nH]nc12. The van der Waals surface area contributed by atoms with Gasteiger partial charge in [0.25, 0.3) is 5.56 Å². The van der Waals surface area contributed by atoms with Crippen LogP contribution < -0.4 is 10.9 Å². The largest absolute Gasteiger partial charge is 0.396 e. The lowest BCUT2D eigenvalue weighted by molar-refractivity contribution is 0.283. The number of rotatable bonds is 6. The molecule has 0 fully saturated rings. The van der Waals surface area contributed by atoms with E-state index in [0.717, 1.165) is 25.1 Å². The Balaban J connectivity index is 2.00. The summed E-state index contributed by atoms with van der Waals surface area (Å²) in [6, 6.07) is 0. The first-order chi connectivity index (χ1) is 8.33. The quantitative estimate of drug-likeness (QED) is 0.507. The predicted molar refractivity (Wildman–Crippen MR) is 62.5 cm³/mol. The summed E-state index contributed by atoms with van der Waals surface area (Å²) in [7, 11) is 0. The number of nitrogens with one attached hydrogen (secondary N) is 3. The first-order valence-electron chi connectivity index (χ1n) is 5.55. The Kier molecular flexibility index (Phi) is 3.84. The van der Waals surface area contributed by atoms with Crippen molar-refractivity contribution in [1.82, 2.24) is 25.5 Å². The van der Waals surface area contributed by atoms with E-state index in [0.29, 0.717) is 17.6 Å². The van der Waals surface area contributed by atoms with E-state index in [4.69, 9.17) is 5.11 Å². The van der Waals surface area contributed by atoms with Crippen LogP contribution in [-0.4, -0.2) is 38.4 Å². The molecule has 0 aliphatic heterocycles. The van der Waals surface area contributed by atoms with Crippen LogP contribution in [0.5, 0.6) is 0 Å². The summed E-state index contributed by atoms with van der Waals surface area (Å²) in [5.41, 5.74) is 1.50.